The van der Waals surface area contributed by atoms with Crippen molar-refractivity contribution in [3.05, 3.63) is 0 Å². The molecule has 120 valence electrons. The number of hydrogen-bond donors (Lipinski definition) is 0. The van der Waals surface area contributed by atoms with Gasteiger partial charge in [-0.1, -0.05) is 39.3 Å². The van der Waals surface area contributed by atoms with Gasteiger partial charge in [0.2, 0.25) is 0 Å². The van der Waals surface area contributed by atoms with Gasteiger partial charge in [-0.25, -0.2) is 0 Å². The lowest BCUT2D eigenvalue weighted by atomic mass is 9.95. The van der Waals surface area contributed by atoms with Crippen LogP contribution in [0.1, 0.15) is 19.3 Å². The minimum Gasteiger partial charge on any atom is -0.327 e. The molecule has 0 saturated heterocycles. The first-order valence-corrected chi connectivity index (χ1v) is 14.5. The molecule has 1 saturated carbocycles. The van der Waals surface area contributed by atoms with Gasteiger partial charge in [0.1, 0.15) is 5.78 Å². The number of ketones is 1. The predicted molar refractivity (Wildman–Crippen MR) is 95.9 cm³/mol. The Morgan fingerprint density at radius 2 is 1.24 bits per heavy atom. The summed E-state index contributed by atoms with van der Waals surface area (Å²) in [7, 11) is 1.08. The van der Waals surface area contributed by atoms with Crippen molar-refractivity contribution >= 4 is 33.7 Å². The predicted octanol–water partition coefficient (Wildman–Crippen LogP) is 2.98. The van der Waals surface area contributed by atoms with E-state index in [0.29, 0.717) is 19.3 Å². The molecule has 0 aromatic carbocycles. The van der Waals surface area contributed by atoms with Crippen molar-refractivity contribution in [1.29, 1.82) is 0 Å². The number of carbonyl (C=O) groups excluding carboxylic acids is 1. The maximum Gasteiger partial charge on any atom is 0.168 e. The number of hydrazone groups is 2. The SMILES string of the molecule is CN(/N=C1/CCC(=O)C/C1=N\N(C)[Si](C)(C)C)[Si](C)(C)C. The molecule has 0 aromatic rings. The largest absolute Gasteiger partial charge is 0.327 e. The minimum absolute atomic E-state index is 0.271. The van der Waals surface area contributed by atoms with Gasteiger partial charge in [0.05, 0.1) is 17.8 Å². The number of Topliss-reactive ketones (excluding diaryl/α,β-unsaturated/α-hetero) is 1. The summed E-state index contributed by atoms with van der Waals surface area (Å²) < 4.78 is 4.16. The zero-order valence-corrected chi connectivity index (χ0v) is 16.8. The van der Waals surface area contributed by atoms with E-state index < -0.39 is 16.5 Å². The molecule has 1 aliphatic rings. The topological polar surface area (TPSA) is 48.3 Å². The van der Waals surface area contributed by atoms with Crippen LogP contribution in [0.15, 0.2) is 10.2 Å². The van der Waals surface area contributed by atoms with E-state index in [2.05, 4.69) is 48.6 Å². The fraction of sp³-hybridized carbons (Fsp3) is 0.786. The van der Waals surface area contributed by atoms with Gasteiger partial charge in [0, 0.05) is 26.9 Å². The van der Waals surface area contributed by atoms with Gasteiger partial charge in [-0.05, 0) is 0 Å². The highest BCUT2D eigenvalue weighted by Gasteiger charge is 2.27. The van der Waals surface area contributed by atoms with Crippen LogP contribution in [-0.2, 0) is 4.79 Å². The summed E-state index contributed by atoms with van der Waals surface area (Å²) in [6.45, 7) is 13.5. The maximum atomic E-state index is 11.8. The molecule has 1 rings (SSSR count). The third-order valence-electron chi connectivity index (χ3n) is 3.82. The van der Waals surface area contributed by atoms with E-state index in [1.54, 1.807) is 0 Å². The Kier molecular flexibility index (Phi) is 5.54. The smallest absolute Gasteiger partial charge is 0.168 e. The Labute approximate surface area is 131 Å². The van der Waals surface area contributed by atoms with E-state index in [9.17, 15) is 4.79 Å². The van der Waals surface area contributed by atoms with Gasteiger partial charge < -0.3 is 9.35 Å². The van der Waals surface area contributed by atoms with Crippen molar-refractivity contribution < 1.29 is 4.79 Å². The van der Waals surface area contributed by atoms with E-state index in [1.165, 1.54) is 0 Å². The van der Waals surface area contributed by atoms with Gasteiger partial charge in [-0.15, -0.1) is 0 Å². The fourth-order valence-electron chi connectivity index (χ4n) is 1.64. The average molecular weight is 327 g/mol. The van der Waals surface area contributed by atoms with E-state index in [0.717, 1.165) is 11.4 Å². The highest BCUT2D eigenvalue weighted by atomic mass is 28.3. The first kappa shape index (κ1) is 18.1. The second-order valence-electron chi connectivity index (χ2n) is 7.70. The Hall–Kier alpha value is -0.956. The standard InChI is InChI=1S/C14H30N4OSi2/c1-17(20(3,4)5)15-13-10-9-12(19)11-14(13)16-18(2)21(6,7)8/h9-11H2,1-8H3/b15-13-,16-14+. The summed E-state index contributed by atoms with van der Waals surface area (Å²) in [6, 6.07) is 0. The average Bonchev–Trinajstić information content (AvgIpc) is 2.29. The van der Waals surface area contributed by atoms with Crippen molar-refractivity contribution in [2.24, 2.45) is 10.2 Å². The third kappa shape index (κ3) is 5.39. The molecule has 1 fully saturated rings. The van der Waals surface area contributed by atoms with Gasteiger partial charge in [0.25, 0.3) is 0 Å². The van der Waals surface area contributed by atoms with Crippen molar-refractivity contribution in [3.63, 3.8) is 0 Å². The van der Waals surface area contributed by atoms with Gasteiger partial charge in [0.15, 0.2) is 16.5 Å². The van der Waals surface area contributed by atoms with Crippen LogP contribution in [0.25, 0.3) is 0 Å². The Bertz CT molecular complexity index is 461. The summed E-state index contributed by atoms with van der Waals surface area (Å²) >= 11 is 0. The number of carbonyl (C=O) groups is 1. The van der Waals surface area contributed by atoms with E-state index in [4.69, 9.17) is 10.2 Å². The molecule has 0 unspecified atom stereocenters. The molecular formula is C14H30N4OSi2. The molecule has 0 amide bonds. The van der Waals surface area contributed by atoms with Crippen LogP contribution in [-0.4, -0.2) is 57.1 Å². The summed E-state index contributed by atoms with van der Waals surface area (Å²) in [5.41, 5.74) is 1.85. The fourth-order valence-corrected chi connectivity index (χ4v) is 2.48. The molecule has 1 aliphatic carbocycles. The highest BCUT2D eigenvalue weighted by molar-refractivity contribution is 6.73. The molecule has 0 atom stereocenters. The van der Waals surface area contributed by atoms with E-state index in [1.807, 2.05) is 14.1 Å². The number of hydrogen-bond acceptors (Lipinski definition) is 5. The molecule has 0 N–H and O–H groups in total. The van der Waals surface area contributed by atoms with E-state index >= 15 is 0 Å². The minimum atomic E-state index is -1.50. The van der Waals surface area contributed by atoms with Crippen LogP contribution < -0.4 is 0 Å². The zero-order chi connectivity index (χ0) is 16.4. The van der Waals surface area contributed by atoms with Crippen LogP contribution >= 0.6 is 0 Å². The van der Waals surface area contributed by atoms with Crippen LogP contribution in [0.5, 0.6) is 0 Å². The Balaban J connectivity index is 3.08. The lowest BCUT2D eigenvalue weighted by Gasteiger charge is -2.31. The van der Waals surface area contributed by atoms with Crippen molar-refractivity contribution in [1.82, 2.24) is 9.35 Å². The van der Waals surface area contributed by atoms with Gasteiger partial charge in [-0.2, -0.15) is 10.2 Å². The Morgan fingerprint density at radius 3 is 1.67 bits per heavy atom. The summed E-state index contributed by atoms with van der Waals surface area (Å²) in [4.78, 5) is 11.8. The van der Waals surface area contributed by atoms with Crippen molar-refractivity contribution in [2.45, 2.75) is 58.5 Å². The molecule has 0 aromatic heterocycles. The second kappa shape index (κ2) is 6.43. The van der Waals surface area contributed by atoms with Gasteiger partial charge >= 0.3 is 0 Å². The third-order valence-corrected chi connectivity index (χ3v) is 7.90. The zero-order valence-electron chi connectivity index (χ0n) is 14.8. The molecule has 0 spiro atoms. The summed E-state index contributed by atoms with van der Waals surface area (Å²) in [6.07, 6.45) is 1.73. The van der Waals surface area contributed by atoms with Crippen LogP contribution in [0.2, 0.25) is 39.3 Å². The molecule has 5 nitrogen and oxygen atoms in total. The monoisotopic (exact) mass is 326 g/mol. The first-order valence-electron chi connectivity index (χ1n) is 7.56. The number of rotatable bonds is 4. The maximum absolute atomic E-state index is 11.8. The van der Waals surface area contributed by atoms with Crippen molar-refractivity contribution in [3.8, 4) is 0 Å². The molecule has 7 heteroatoms. The van der Waals surface area contributed by atoms with Crippen LogP contribution in [0.3, 0.4) is 0 Å². The molecule has 0 bridgehead atoms. The van der Waals surface area contributed by atoms with Crippen LogP contribution in [0.4, 0.5) is 0 Å². The highest BCUT2D eigenvalue weighted by Crippen LogP contribution is 2.16. The second-order valence-corrected chi connectivity index (χ2v) is 17.7. The molecule has 0 aliphatic heterocycles. The summed E-state index contributed by atoms with van der Waals surface area (Å²) in [5, 5.41) is 9.50. The molecule has 21 heavy (non-hydrogen) atoms. The molecular weight excluding hydrogens is 296 g/mol. The quantitative estimate of drug-likeness (QED) is 0.589. The lowest BCUT2D eigenvalue weighted by Crippen LogP contribution is -2.43. The number of nitrogens with zero attached hydrogens (tertiary/aromatic N) is 4. The Morgan fingerprint density at radius 1 is 0.810 bits per heavy atom. The van der Waals surface area contributed by atoms with E-state index in [-0.39, 0.29) is 5.78 Å². The summed E-state index contributed by atoms with van der Waals surface area (Å²) in [5.74, 6) is 0.271. The molecule has 0 heterocycles. The van der Waals surface area contributed by atoms with Gasteiger partial charge in [-0.3, -0.25) is 4.79 Å². The van der Waals surface area contributed by atoms with Crippen molar-refractivity contribution in [2.75, 3.05) is 14.1 Å². The normalized spacial score (nSPS) is 21.0. The lowest BCUT2D eigenvalue weighted by molar-refractivity contribution is -0.117. The van der Waals surface area contributed by atoms with Crippen LogP contribution in [0, 0.1) is 0 Å². The first-order chi connectivity index (χ1) is 9.41. The molecule has 0 radical (unpaired) electrons.